The Morgan fingerprint density at radius 1 is 1.15 bits per heavy atom. The fourth-order valence-electron chi connectivity index (χ4n) is 5.07. The van der Waals surface area contributed by atoms with Crippen molar-refractivity contribution in [3.8, 4) is 0 Å². The van der Waals surface area contributed by atoms with E-state index in [0.29, 0.717) is 23.2 Å². The second kappa shape index (κ2) is 10.1. The Morgan fingerprint density at radius 2 is 1.94 bits per heavy atom. The topological polar surface area (TPSA) is 105 Å². The number of hydrogen-bond acceptors (Lipinski definition) is 6. The Hall–Kier alpha value is -3.04. The summed E-state index contributed by atoms with van der Waals surface area (Å²) >= 11 is 0. The summed E-state index contributed by atoms with van der Waals surface area (Å²) in [6, 6.07) is 7.09. The quantitative estimate of drug-likeness (QED) is 0.543. The normalized spacial score (nSPS) is 17.9. The maximum Gasteiger partial charge on any atom is 0.267 e. The predicted molar refractivity (Wildman–Crippen MR) is 129 cm³/mol. The van der Waals surface area contributed by atoms with Crippen LogP contribution in [0.15, 0.2) is 35.3 Å². The molecule has 4 heterocycles. The van der Waals surface area contributed by atoms with Crippen LogP contribution in [-0.4, -0.2) is 63.6 Å². The molecule has 1 aliphatic carbocycles. The minimum Gasteiger partial charge on any atom is -0.379 e. The lowest BCUT2D eigenvalue weighted by atomic mass is 9.95. The zero-order valence-corrected chi connectivity index (χ0v) is 19.5. The largest absolute Gasteiger partial charge is 0.379 e. The average molecular weight is 465 g/mol. The summed E-state index contributed by atoms with van der Waals surface area (Å²) in [5, 5.41) is 12.4. The molecule has 1 aliphatic heterocycles. The van der Waals surface area contributed by atoms with E-state index in [1.54, 1.807) is 29.0 Å². The van der Waals surface area contributed by atoms with Crippen molar-refractivity contribution in [3.63, 3.8) is 0 Å². The first kappa shape index (κ1) is 22.7. The van der Waals surface area contributed by atoms with Gasteiger partial charge in [0.2, 0.25) is 0 Å². The Morgan fingerprint density at radius 3 is 2.74 bits per heavy atom. The lowest BCUT2D eigenvalue weighted by molar-refractivity contribution is 0.0369. The third kappa shape index (κ3) is 4.63. The third-order valence-corrected chi connectivity index (χ3v) is 6.96. The van der Waals surface area contributed by atoms with E-state index in [1.807, 2.05) is 6.07 Å². The van der Waals surface area contributed by atoms with Gasteiger partial charge in [-0.1, -0.05) is 25.3 Å². The van der Waals surface area contributed by atoms with Gasteiger partial charge in [0.05, 0.1) is 24.2 Å². The van der Waals surface area contributed by atoms with Crippen LogP contribution in [0.4, 0.5) is 0 Å². The van der Waals surface area contributed by atoms with Gasteiger partial charge in [-0.15, -0.1) is 0 Å². The number of fused-ring (bicyclic) bond motifs is 2. The molecule has 0 atom stereocenters. The minimum absolute atomic E-state index is 0.106. The van der Waals surface area contributed by atoms with Crippen molar-refractivity contribution in [2.45, 2.75) is 51.1 Å². The standard InChI is InChI=1S/C25H32N6O3/c26-22-19(24(32)27-18-7-2-1-3-8-18)17-20-23(28-21-9-4-5-11-30(21)25(20)33)31(22)12-6-10-29-13-15-34-16-14-29/h4-5,9,11,17-18,26H,1-3,6-8,10,12-16H2,(H,27,32). The first-order chi connectivity index (χ1) is 16.6. The van der Waals surface area contributed by atoms with Crippen molar-refractivity contribution in [2.24, 2.45) is 0 Å². The fourth-order valence-corrected chi connectivity index (χ4v) is 5.07. The zero-order chi connectivity index (χ0) is 23.5. The van der Waals surface area contributed by atoms with Gasteiger partial charge in [0.1, 0.15) is 16.8 Å². The predicted octanol–water partition coefficient (Wildman–Crippen LogP) is 1.91. The summed E-state index contributed by atoms with van der Waals surface area (Å²) in [5.41, 5.74) is 1.10. The van der Waals surface area contributed by atoms with E-state index in [0.717, 1.165) is 65.0 Å². The van der Waals surface area contributed by atoms with Gasteiger partial charge in [0.25, 0.3) is 11.5 Å². The van der Waals surface area contributed by atoms with E-state index in [-0.39, 0.29) is 28.6 Å². The number of nitrogens with one attached hydrogen (secondary N) is 2. The molecule has 0 bridgehead atoms. The maximum atomic E-state index is 13.3. The smallest absolute Gasteiger partial charge is 0.267 e. The number of amides is 1. The summed E-state index contributed by atoms with van der Waals surface area (Å²) in [4.78, 5) is 33.6. The molecule has 5 rings (SSSR count). The molecular formula is C25H32N6O3. The lowest BCUT2D eigenvalue weighted by Crippen LogP contribution is -2.41. The molecule has 9 heteroatoms. The summed E-state index contributed by atoms with van der Waals surface area (Å²) in [5.74, 6) is -0.279. The number of nitrogens with zero attached hydrogens (tertiary/aromatic N) is 4. The Kier molecular flexibility index (Phi) is 6.73. The molecule has 2 aliphatic rings. The first-order valence-corrected chi connectivity index (χ1v) is 12.3. The van der Waals surface area contributed by atoms with Gasteiger partial charge >= 0.3 is 0 Å². The number of aromatic nitrogens is 3. The van der Waals surface area contributed by atoms with Crippen LogP contribution in [0.25, 0.3) is 16.7 Å². The number of pyridine rings is 2. The molecule has 0 spiro atoms. The van der Waals surface area contributed by atoms with Gasteiger partial charge in [0, 0.05) is 38.4 Å². The Bertz CT molecular complexity index is 1300. The average Bonchev–Trinajstić information content (AvgIpc) is 2.87. The number of carbonyl (C=O) groups is 1. The van der Waals surface area contributed by atoms with Crippen molar-refractivity contribution in [3.05, 3.63) is 51.9 Å². The number of aryl methyl sites for hydroxylation is 1. The van der Waals surface area contributed by atoms with E-state index < -0.39 is 0 Å². The lowest BCUT2D eigenvalue weighted by Gasteiger charge is -2.26. The Labute approximate surface area is 197 Å². The molecule has 0 unspecified atom stereocenters. The number of hydrogen-bond donors (Lipinski definition) is 2. The second-order valence-corrected chi connectivity index (χ2v) is 9.26. The van der Waals surface area contributed by atoms with Crippen LogP contribution >= 0.6 is 0 Å². The molecule has 0 aromatic carbocycles. The molecule has 1 saturated carbocycles. The SMILES string of the molecule is N=c1c(C(=O)NC2CCCCC2)cc2c(=O)n3ccccc3nc2n1CCCN1CCOCC1. The van der Waals surface area contributed by atoms with Crippen LogP contribution in [0.3, 0.4) is 0 Å². The summed E-state index contributed by atoms with van der Waals surface area (Å²) in [7, 11) is 0. The van der Waals surface area contributed by atoms with Gasteiger partial charge in [-0.05, 0) is 37.5 Å². The van der Waals surface area contributed by atoms with Gasteiger partial charge in [0.15, 0.2) is 0 Å². The van der Waals surface area contributed by atoms with Gasteiger partial charge in [-0.3, -0.25) is 24.3 Å². The van der Waals surface area contributed by atoms with Crippen molar-refractivity contribution >= 4 is 22.6 Å². The first-order valence-electron chi connectivity index (χ1n) is 12.3. The molecule has 2 fully saturated rings. The van der Waals surface area contributed by atoms with E-state index in [9.17, 15) is 9.59 Å². The van der Waals surface area contributed by atoms with Gasteiger partial charge in [-0.2, -0.15) is 0 Å². The van der Waals surface area contributed by atoms with Crippen LogP contribution in [0.1, 0.15) is 48.9 Å². The molecular weight excluding hydrogens is 432 g/mol. The molecule has 34 heavy (non-hydrogen) atoms. The fraction of sp³-hybridized carbons (Fsp3) is 0.520. The van der Waals surface area contributed by atoms with Crippen molar-refractivity contribution < 1.29 is 9.53 Å². The monoisotopic (exact) mass is 464 g/mol. The summed E-state index contributed by atoms with van der Waals surface area (Å²) < 4.78 is 8.66. The number of ether oxygens (including phenoxy) is 1. The highest BCUT2D eigenvalue weighted by molar-refractivity contribution is 5.97. The highest BCUT2D eigenvalue weighted by atomic mass is 16.5. The van der Waals surface area contributed by atoms with Gasteiger partial charge < -0.3 is 14.6 Å². The number of rotatable bonds is 6. The molecule has 0 radical (unpaired) electrons. The van der Waals surface area contributed by atoms with Crippen LogP contribution in [0.5, 0.6) is 0 Å². The third-order valence-electron chi connectivity index (χ3n) is 6.96. The van der Waals surface area contributed by atoms with Crippen LogP contribution < -0.4 is 16.4 Å². The second-order valence-electron chi connectivity index (χ2n) is 9.26. The maximum absolute atomic E-state index is 13.3. The van der Waals surface area contributed by atoms with Gasteiger partial charge in [-0.25, -0.2) is 4.98 Å². The van der Waals surface area contributed by atoms with Crippen LogP contribution in [0, 0.1) is 5.41 Å². The molecule has 180 valence electrons. The molecule has 3 aromatic heterocycles. The summed E-state index contributed by atoms with van der Waals surface area (Å²) in [6.07, 6.45) is 7.80. The minimum atomic E-state index is -0.279. The number of morpholine rings is 1. The van der Waals surface area contributed by atoms with E-state index in [4.69, 9.17) is 15.1 Å². The molecule has 1 saturated heterocycles. The summed E-state index contributed by atoms with van der Waals surface area (Å²) in [6.45, 7) is 4.64. The van der Waals surface area contributed by atoms with Crippen molar-refractivity contribution in [1.29, 1.82) is 5.41 Å². The highest BCUT2D eigenvalue weighted by Crippen LogP contribution is 2.18. The van der Waals surface area contributed by atoms with E-state index >= 15 is 0 Å². The van der Waals surface area contributed by atoms with Crippen LogP contribution in [0.2, 0.25) is 0 Å². The number of carbonyl (C=O) groups excluding carboxylic acids is 1. The van der Waals surface area contributed by atoms with E-state index in [1.165, 1.54) is 10.8 Å². The molecule has 1 amide bonds. The molecule has 2 N–H and O–H groups in total. The van der Waals surface area contributed by atoms with Crippen LogP contribution in [-0.2, 0) is 11.3 Å². The van der Waals surface area contributed by atoms with Crippen molar-refractivity contribution in [1.82, 2.24) is 24.2 Å². The van der Waals surface area contributed by atoms with E-state index in [2.05, 4.69) is 10.2 Å². The van der Waals surface area contributed by atoms with Crippen molar-refractivity contribution in [2.75, 3.05) is 32.8 Å². The highest BCUT2D eigenvalue weighted by Gasteiger charge is 2.21. The Balaban J connectivity index is 1.53. The molecule has 3 aromatic rings. The zero-order valence-electron chi connectivity index (χ0n) is 19.5. The molecule has 9 nitrogen and oxygen atoms in total.